The van der Waals surface area contributed by atoms with Gasteiger partial charge in [0.1, 0.15) is 0 Å². The van der Waals surface area contributed by atoms with Crippen molar-refractivity contribution in [2.45, 2.75) is 82.7 Å². The second-order valence-corrected chi connectivity index (χ2v) is 17.0. The summed E-state index contributed by atoms with van der Waals surface area (Å²) >= 11 is 6.03. The molecule has 0 aliphatic carbocycles. The molecule has 0 amide bonds. The minimum Gasteiger partial charge on any atom is -0.327 e. The molecule has 2 aliphatic heterocycles. The normalized spacial score (nSPS) is 17.6. The smallest absolute Gasteiger partial charge is 0.166 e. The minimum absolute atomic E-state index is 0.0528. The Kier molecular flexibility index (Phi) is 13.9. The van der Waals surface area contributed by atoms with Crippen LogP contribution in [-0.4, -0.2) is 72.7 Å². The SMILES string of the molecule is CC(C)(Cc1cccc(C(=O)C2CCN(CC(N)Cc3ccc(Cl)cc3)CC2)c1)c1ccc(CC(N)CCN2CCC(C(=O)c3ccccc3)CC2)cc1. The van der Waals surface area contributed by atoms with Crippen LogP contribution in [0.5, 0.6) is 0 Å². The zero-order chi connectivity index (χ0) is 38.1. The van der Waals surface area contributed by atoms with Gasteiger partial charge in [-0.2, -0.15) is 0 Å². The van der Waals surface area contributed by atoms with Crippen molar-refractivity contribution in [2.75, 3.05) is 39.3 Å². The van der Waals surface area contributed by atoms with Gasteiger partial charge in [-0.15, -0.1) is 0 Å². The van der Waals surface area contributed by atoms with E-state index in [4.69, 9.17) is 23.1 Å². The van der Waals surface area contributed by atoms with E-state index in [-0.39, 0.29) is 40.9 Å². The lowest BCUT2D eigenvalue weighted by Gasteiger charge is -2.33. The molecule has 2 atom stereocenters. The molecule has 0 spiro atoms. The molecule has 0 radical (unpaired) electrons. The van der Waals surface area contributed by atoms with Gasteiger partial charge in [-0.1, -0.05) is 110 Å². The monoisotopic (exact) mass is 746 g/mol. The zero-order valence-corrected chi connectivity index (χ0v) is 33.0. The van der Waals surface area contributed by atoms with Gasteiger partial charge in [-0.05, 0) is 130 Å². The maximum Gasteiger partial charge on any atom is 0.166 e. The molecule has 0 aromatic heterocycles. The first kappa shape index (κ1) is 40.0. The Morgan fingerprint density at radius 2 is 1.20 bits per heavy atom. The van der Waals surface area contributed by atoms with Crippen molar-refractivity contribution in [1.82, 2.24) is 9.80 Å². The molecule has 2 saturated heterocycles. The number of nitrogens with two attached hydrogens (primary N) is 2. The molecule has 2 fully saturated rings. The zero-order valence-electron chi connectivity index (χ0n) is 32.3. The third kappa shape index (κ3) is 11.2. The highest BCUT2D eigenvalue weighted by atomic mass is 35.5. The third-order valence-electron chi connectivity index (χ3n) is 11.8. The van der Waals surface area contributed by atoms with Crippen LogP contribution in [0.3, 0.4) is 0 Å². The van der Waals surface area contributed by atoms with E-state index in [0.29, 0.717) is 0 Å². The van der Waals surface area contributed by atoms with E-state index in [1.54, 1.807) is 0 Å². The quantitative estimate of drug-likeness (QED) is 0.112. The van der Waals surface area contributed by atoms with Crippen LogP contribution in [0.15, 0.2) is 103 Å². The van der Waals surface area contributed by atoms with E-state index in [1.165, 1.54) is 22.3 Å². The summed E-state index contributed by atoms with van der Waals surface area (Å²) < 4.78 is 0. The lowest BCUT2D eigenvalue weighted by molar-refractivity contribution is 0.0830. The molecule has 6 nitrogen and oxygen atoms in total. The van der Waals surface area contributed by atoms with Crippen LogP contribution in [0.4, 0.5) is 0 Å². The highest BCUT2D eigenvalue weighted by Crippen LogP contribution is 2.30. The van der Waals surface area contributed by atoms with Crippen LogP contribution >= 0.6 is 11.6 Å². The number of hydrogen-bond acceptors (Lipinski definition) is 6. The molecule has 7 heteroatoms. The van der Waals surface area contributed by atoms with Crippen molar-refractivity contribution >= 4 is 23.2 Å². The van der Waals surface area contributed by atoms with Crippen LogP contribution in [0.25, 0.3) is 0 Å². The van der Waals surface area contributed by atoms with Gasteiger partial charge in [0, 0.05) is 46.6 Å². The van der Waals surface area contributed by atoms with Gasteiger partial charge in [0.25, 0.3) is 0 Å². The lowest BCUT2D eigenvalue weighted by Crippen LogP contribution is -2.43. The van der Waals surface area contributed by atoms with Crippen molar-refractivity contribution in [3.05, 3.63) is 142 Å². The summed E-state index contributed by atoms with van der Waals surface area (Å²) in [5.74, 6) is 0.735. The average Bonchev–Trinajstić information content (AvgIpc) is 3.18. The summed E-state index contributed by atoms with van der Waals surface area (Å²) in [7, 11) is 0. The molecule has 4 aromatic carbocycles. The first-order valence-corrected chi connectivity index (χ1v) is 20.4. The molecular weight excluding hydrogens is 688 g/mol. The predicted octanol–water partition coefficient (Wildman–Crippen LogP) is 8.18. The van der Waals surface area contributed by atoms with E-state index < -0.39 is 0 Å². The summed E-state index contributed by atoms with van der Waals surface area (Å²) in [6.07, 6.45) is 7.04. The number of ketones is 2. The molecule has 286 valence electrons. The molecule has 54 heavy (non-hydrogen) atoms. The highest BCUT2D eigenvalue weighted by Gasteiger charge is 2.28. The first-order chi connectivity index (χ1) is 26.0. The Morgan fingerprint density at radius 1 is 0.667 bits per heavy atom. The summed E-state index contributed by atoms with van der Waals surface area (Å²) in [6, 6.07) is 35.0. The second kappa shape index (κ2) is 18.8. The Hall–Kier alpha value is -3.65. The van der Waals surface area contributed by atoms with Crippen LogP contribution in [0, 0.1) is 11.8 Å². The van der Waals surface area contributed by atoms with E-state index in [1.807, 2.05) is 66.7 Å². The van der Waals surface area contributed by atoms with E-state index in [0.717, 1.165) is 107 Å². The molecule has 2 unspecified atom stereocenters. The maximum absolute atomic E-state index is 13.7. The molecule has 2 heterocycles. The Balaban J connectivity index is 0.926. The fourth-order valence-electron chi connectivity index (χ4n) is 8.48. The van der Waals surface area contributed by atoms with Gasteiger partial charge >= 0.3 is 0 Å². The second-order valence-electron chi connectivity index (χ2n) is 16.6. The average molecular weight is 747 g/mol. The number of carbonyl (C=O) groups excluding carboxylic acids is 2. The first-order valence-electron chi connectivity index (χ1n) is 20.0. The number of hydrogen-bond donors (Lipinski definition) is 2. The molecule has 0 saturated carbocycles. The van der Waals surface area contributed by atoms with Gasteiger partial charge in [0.05, 0.1) is 0 Å². The van der Waals surface area contributed by atoms with Gasteiger partial charge in [0.15, 0.2) is 11.6 Å². The van der Waals surface area contributed by atoms with Gasteiger partial charge in [-0.3, -0.25) is 9.59 Å². The number of benzene rings is 4. The molecule has 0 bridgehead atoms. The largest absolute Gasteiger partial charge is 0.327 e. The van der Waals surface area contributed by atoms with E-state index >= 15 is 0 Å². The van der Waals surface area contributed by atoms with Gasteiger partial charge in [0.2, 0.25) is 0 Å². The van der Waals surface area contributed by atoms with E-state index in [2.05, 4.69) is 60.0 Å². The summed E-state index contributed by atoms with van der Waals surface area (Å²) in [6.45, 7) is 10.1. The Morgan fingerprint density at radius 3 is 1.83 bits per heavy atom. The summed E-state index contributed by atoms with van der Waals surface area (Å²) in [5, 5.41) is 0.741. The van der Waals surface area contributed by atoms with Gasteiger partial charge < -0.3 is 21.3 Å². The third-order valence-corrected chi connectivity index (χ3v) is 12.0. The number of nitrogens with zero attached hydrogens (tertiary/aromatic N) is 2. The summed E-state index contributed by atoms with van der Waals surface area (Å²) in [4.78, 5) is 31.4. The van der Waals surface area contributed by atoms with Crippen molar-refractivity contribution in [3.8, 4) is 0 Å². The van der Waals surface area contributed by atoms with Gasteiger partial charge in [-0.25, -0.2) is 0 Å². The predicted molar refractivity (Wildman–Crippen MR) is 222 cm³/mol. The molecule has 6 rings (SSSR count). The fraction of sp³-hybridized carbons (Fsp3) is 0.447. The fourth-order valence-corrected chi connectivity index (χ4v) is 8.61. The lowest BCUT2D eigenvalue weighted by atomic mass is 9.78. The van der Waals surface area contributed by atoms with Crippen molar-refractivity contribution in [1.29, 1.82) is 0 Å². The van der Waals surface area contributed by atoms with Crippen LogP contribution in [0.2, 0.25) is 5.02 Å². The van der Waals surface area contributed by atoms with Crippen LogP contribution < -0.4 is 11.5 Å². The number of likely N-dealkylation sites (tertiary alicyclic amines) is 2. The Labute approximate surface area is 328 Å². The number of Topliss-reactive ketones (excluding diaryl/α,β-unsaturated/α-hetero) is 2. The molecule has 2 aliphatic rings. The topological polar surface area (TPSA) is 92.7 Å². The number of carbonyl (C=O) groups is 2. The van der Waals surface area contributed by atoms with Crippen LogP contribution in [-0.2, 0) is 24.7 Å². The van der Waals surface area contributed by atoms with Crippen LogP contribution in [0.1, 0.15) is 88.9 Å². The van der Waals surface area contributed by atoms with Crippen molar-refractivity contribution < 1.29 is 9.59 Å². The minimum atomic E-state index is -0.0908. The number of piperidine rings is 2. The Bertz CT molecular complexity index is 1790. The number of halogens is 1. The molecule has 4 N–H and O–H groups in total. The molecule has 4 aromatic rings. The highest BCUT2D eigenvalue weighted by molar-refractivity contribution is 6.30. The standard InChI is InChI=1S/C47H59ClN4O2/c1-47(2,41-15-11-34(12-16-41)30-43(49)23-28-51-24-19-38(20-25-51)45(53)37-8-4-3-5-9-37)32-36-7-6-10-40(29-36)46(54)39-21-26-52(27-22-39)33-44(50)31-35-13-17-42(48)18-14-35/h3-18,29,38-39,43-44H,19-28,30-33,49-50H2,1-2H3. The van der Waals surface area contributed by atoms with E-state index in [9.17, 15) is 9.59 Å². The maximum atomic E-state index is 13.7. The number of rotatable bonds is 16. The molecular formula is C47H59ClN4O2. The van der Waals surface area contributed by atoms with Crippen molar-refractivity contribution in [3.63, 3.8) is 0 Å². The van der Waals surface area contributed by atoms with Crippen molar-refractivity contribution in [2.24, 2.45) is 23.3 Å². The summed E-state index contributed by atoms with van der Waals surface area (Å²) in [5.41, 5.74) is 19.6.